The number of hydrogen-bond donors (Lipinski definition) is 3. The summed E-state index contributed by atoms with van der Waals surface area (Å²) in [7, 11) is 0. The van der Waals surface area contributed by atoms with Gasteiger partial charge in [0.05, 0.1) is 23.3 Å². The van der Waals surface area contributed by atoms with E-state index >= 15 is 0 Å². The highest BCUT2D eigenvalue weighted by Crippen LogP contribution is 2.20. The van der Waals surface area contributed by atoms with Crippen LogP contribution in [0.15, 0.2) is 24.3 Å². The smallest absolute Gasteiger partial charge is 0.321 e. The lowest BCUT2D eigenvalue weighted by atomic mass is 10.1. The number of urea groups is 1. The topological polar surface area (TPSA) is 93.8 Å². The number of rotatable bonds is 5. The molecule has 1 fully saturated rings. The van der Waals surface area contributed by atoms with E-state index in [1.807, 2.05) is 36.6 Å². The van der Waals surface area contributed by atoms with Gasteiger partial charge >= 0.3 is 6.03 Å². The zero-order valence-electron chi connectivity index (χ0n) is 17.4. The molecule has 0 spiro atoms. The summed E-state index contributed by atoms with van der Waals surface area (Å²) in [5.41, 5.74) is 0.181. The molecule has 0 bridgehead atoms. The Kier molecular flexibility index (Phi) is 8.01. The van der Waals surface area contributed by atoms with Gasteiger partial charge in [0.25, 0.3) is 0 Å². The first-order valence-corrected chi connectivity index (χ1v) is 10.1. The molecule has 1 aromatic carbocycles. The minimum absolute atomic E-state index is 0.129. The third-order valence-corrected chi connectivity index (χ3v) is 4.90. The highest BCUT2D eigenvalue weighted by Gasteiger charge is 2.27. The molecule has 1 unspecified atom stereocenters. The molecule has 9 heteroatoms. The van der Waals surface area contributed by atoms with E-state index in [1.54, 1.807) is 25.1 Å². The van der Waals surface area contributed by atoms with Gasteiger partial charge in [-0.3, -0.25) is 24.7 Å². The Labute approximate surface area is 176 Å². The van der Waals surface area contributed by atoms with E-state index in [9.17, 15) is 14.4 Å². The number of piperazine rings is 1. The van der Waals surface area contributed by atoms with Crippen molar-refractivity contribution in [2.45, 2.75) is 39.3 Å². The van der Waals surface area contributed by atoms with E-state index < -0.39 is 17.6 Å². The molecule has 0 aromatic heterocycles. The number of carbonyl (C=O) groups is 3. The van der Waals surface area contributed by atoms with E-state index in [2.05, 4.69) is 16.0 Å². The van der Waals surface area contributed by atoms with Crippen molar-refractivity contribution in [3.05, 3.63) is 29.3 Å². The van der Waals surface area contributed by atoms with Gasteiger partial charge in [0.1, 0.15) is 0 Å². The van der Waals surface area contributed by atoms with Gasteiger partial charge in [-0.05, 0) is 39.8 Å². The van der Waals surface area contributed by atoms with Gasteiger partial charge in [-0.1, -0.05) is 23.7 Å². The maximum atomic E-state index is 12.3. The maximum absolute atomic E-state index is 12.3. The number of carbonyl (C=O) groups excluding carboxylic acids is 3. The number of imide groups is 1. The highest BCUT2D eigenvalue weighted by atomic mass is 35.5. The summed E-state index contributed by atoms with van der Waals surface area (Å²) in [6, 6.07) is 6.18. The first kappa shape index (κ1) is 23.1. The summed E-state index contributed by atoms with van der Waals surface area (Å²) in [4.78, 5) is 40.5. The van der Waals surface area contributed by atoms with E-state index in [4.69, 9.17) is 11.6 Å². The first-order chi connectivity index (χ1) is 13.5. The largest absolute Gasteiger partial charge is 0.333 e. The van der Waals surface area contributed by atoms with Crippen LogP contribution in [0.4, 0.5) is 10.5 Å². The molecule has 1 heterocycles. The second-order valence-corrected chi connectivity index (χ2v) is 8.62. The van der Waals surface area contributed by atoms with E-state index in [0.717, 1.165) is 0 Å². The van der Waals surface area contributed by atoms with Crippen LogP contribution < -0.4 is 16.0 Å². The summed E-state index contributed by atoms with van der Waals surface area (Å²) in [5.74, 6) is -0.465. The molecule has 0 aliphatic carbocycles. The predicted molar refractivity (Wildman–Crippen MR) is 114 cm³/mol. The van der Waals surface area contributed by atoms with Crippen LogP contribution in [-0.2, 0) is 9.59 Å². The number of nitrogens with one attached hydrogen (secondary N) is 3. The number of halogens is 1. The summed E-state index contributed by atoms with van der Waals surface area (Å²) in [6.45, 7) is 10.2. The monoisotopic (exact) mass is 423 g/mol. The van der Waals surface area contributed by atoms with E-state index in [0.29, 0.717) is 36.9 Å². The minimum atomic E-state index is -0.496. The average molecular weight is 424 g/mol. The van der Waals surface area contributed by atoms with Crippen LogP contribution >= 0.6 is 11.6 Å². The fourth-order valence-electron chi connectivity index (χ4n) is 3.02. The van der Waals surface area contributed by atoms with Crippen molar-refractivity contribution in [2.24, 2.45) is 0 Å². The van der Waals surface area contributed by atoms with Crippen molar-refractivity contribution in [3.63, 3.8) is 0 Å². The minimum Gasteiger partial charge on any atom is -0.333 e. The molecule has 2 rings (SSSR count). The summed E-state index contributed by atoms with van der Waals surface area (Å²) < 4.78 is 0. The fraction of sp³-hybridized carbons (Fsp3) is 0.550. The van der Waals surface area contributed by atoms with Crippen molar-refractivity contribution in [1.29, 1.82) is 0 Å². The summed E-state index contributed by atoms with van der Waals surface area (Å²) in [6.07, 6.45) is 0. The van der Waals surface area contributed by atoms with Gasteiger partial charge in [-0.15, -0.1) is 0 Å². The number of amides is 4. The van der Waals surface area contributed by atoms with Crippen molar-refractivity contribution in [3.8, 4) is 0 Å². The van der Waals surface area contributed by atoms with E-state index in [1.165, 1.54) is 0 Å². The van der Waals surface area contributed by atoms with Crippen LogP contribution in [0.3, 0.4) is 0 Å². The number of anilines is 1. The normalized spacial score (nSPS) is 16.7. The lowest BCUT2D eigenvalue weighted by Gasteiger charge is -2.37. The van der Waals surface area contributed by atoms with Crippen molar-refractivity contribution < 1.29 is 14.4 Å². The van der Waals surface area contributed by atoms with Gasteiger partial charge in [-0.2, -0.15) is 0 Å². The van der Waals surface area contributed by atoms with Crippen LogP contribution in [0.1, 0.15) is 27.7 Å². The standard InChI is InChI=1S/C20H30ClN5O3/c1-14(18(28)23-19(29)24-20(2,3)4)26-11-9-25(10-12-26)13-17(27)22-16-8-6-5-7-15(16)21/h5-8,14H,9-13H2,1-4H3,(H,22,27)(H2,23,24,28,29). The quantitative estimate of drug-likeness (QED) is 0.672. The van der Waals surface area contributed by atoms with Crippen LogP contribution in [0.2, 0.25) is 5.02 Å². The molecular weight excluding hydrogens is 394 g/mol. The lowest BCUT2D eigenvalue weighted by molar-refractivity contribution is -0.126. The van der Waals surface area contributed by atoms with Gasteiger partial charge < -0.3 is 10.6 Å². The van der Waals surface area contributed by atoms with E-state index in [-0.39, 0.29) is 18.4 Å². The number of benzene rings is 1. The zero-order chi connectivity index (χ0) is 21.6. The Morgan fingerprint density at radius 2 is 1.72 bits per heavy atom. The Balaban J connectivity index is 1.76. The Bertz CT molecular complexity index is 742. The molecule has 3 N–H and O–H groups in total. The Hall–Kier alpha value is -2.16. The second kappa shape index (κ2) is 10.0. The molecule has 8 nitrogen and oxygen atoms in total. The van der Waals surface area contributed by atoms with Gasteiger partial charge in [0, 0.05) is 31.7 Å². The van der Waals surface area contributed by atoms with Gasteiger partial charge in [0.15, 0.2) is 0 Å². The lowest BCUT2D eigenvalue weighted by Crippen LogP contribution is -2.57. The molecule has 29 heavy (non-hydrogen) atoms. The van der Waals surface area contributed by atoms with Crippen LogP contribution in [0.25, 0.3) is 0 Å². The number of para-hydroxylation sites is 1. The molecule has 1 saturated heterocycles. The first-order valence-electron chi connectivity index (χ1n) is 9.69. The van der Waals surface area contributed by atoms with Crippen molar-refractivity contribution >= 4 is 35.1 Å². The third kappa shape index (κ3) is 7.64. The zero-order valence-corrected chi connectivity index (χ0v) is 18.2. The second-order valence-electron chi connectivity index (χ2n) is 8.21. The van der Waals surface area contributed by atoms with Crippen molar-refractivity contribution in [2.75, 3.05) is 38.0 Å². The molecule has 160 valence electrons. The molecule has 4 amide bonds. The average Bonchev–Trinajstić information content (AvgIpc) is 2.62. The van der Waals surface area contributed by atoms with Crippen LogP contribution in [-0.4, -0.2) is 71.9 Å². The number of hydrogen-bond acceptors (Lipinski definition) is 5. The maximum Gasteiger partial charge on any atom is 0.321 e. The molecule has 1 aliphatic heterocycles. The molecule has 1 aromatic rings. The molecule has 1 atom stereocenters. The predicted octanol–water partition coefficient (Wildman–Crippen LogP) is 1.91. The number of nitrogens with zero attached hydrogens (tertiary/aromatic N) is 2. The fourth-order valence-corrected chi connectivity index (χ4v) is 3.20. The summed E-state index contributed by atoms with van der Waals surface area (Å²) >= 11 is 6.06. The van der Waals surface area contributed by atoms with Gasteiger partial charge in [-0.25, -0.2) is 4.79 Å². The third-order valence-electron chi connectivity index (χ3n) is 4.57. The van der Waals surface area contributed by atoms with Crippen LogP contribution in [0.5, 0.6) is 0 Å². The molecule has 0 radical (unpaired) electrons. The molecule has 0 saturated carbocycles. The summed E-state index contributed by atoms with van der Waals surface area (Å²) in [5, 5.41) is 8.41. The molecule has 1 aliphatic rings. The SMILES string of the molecule is CC(C(=O)NC(=O)NC(C)(C)C)N1CCN(CC(=O)Nc2ccccc2Cl)CC1. The van der Waals surface area contributed by atoms with Crippen molar-refractivity contribution in [1.82, 2.24) is 20.4 Å². The highest BCUT2D eigenvalue weighted by molar-refractivity contribution is 6.33. The Morgan fingerprint density at radius 1 is 1.10 bits per heavy atom. The Morgan fingerprint density at radius 3 is 2.31 bits per heavy atom. The van der Waals surface area contributed by atoms with Crippen LogP contribution in [0, 0.1) is 0 Å². The molecular formula is C20H30ClN5O3. The van der Waals surface area contributed by atoms with Gasteiger partial charge in [0.2, 0.25) is 11.8 Å².